The highest BCUT2D eigenvalue weighted by atomic mass is 16.2. The Kier molecular flexibility index (Phi) is 4.54. The lowest BCUT2D eigenvalue weighted by molar-refractivity contribution is -0.930. The van der Waals surface area contributed by atoms with E-state index >= 15 is 0 Å². The largest absolute Gasteiger partial charge is 0.330 e. The smallest absolute Gasteiger partial charge is 0.254 e. The van der Waals surface area contributed by atoms with E-state index in [1.165, 1.54) is 25.7 Å². The molecule has 2 aliphatic rings. The van der Waals surface area contributed by atoms with Gasteiger partial charge in [-0.2, -0.15) is 0 Å². The minimum Gasteiger partial charge on any atom is -0.330 e. The zero-order chi connectivity index (χ0) is 14.7. The van der Waals surface area contributed by atoms with Crippen molar-refractivity contribution in [2.45, 2.75) is 38.6 Å². The maximum absolute atomic E-state index is 12.4. The van der Waals surface area contributed by atoms with Crippen molar-refractivity contribution in [2.75, 3.05) is 26.2 Å². The van der Waals surface area contributed by atoms with Gasteiger partial charge in [-0.1, -0.05) is 13.3 Å². The van der Waals surface area contributed by atoms with Crippen LogP contribution in [-0.4, -0.2) is 48.0 Å². The highest BCUT2D eigenvalue weighted by molar-refractivity contribution is 5.94. The maximum Gasteiger partial charge on any atom is 0.254 e. The van der Waals surface area contributed by atoms with Gasteiger partial charge in [0.2, 0.25) is 0 Å². The molecule has 0 radical (unpaired) electrons. The van der Waals surface area contributed by atoms with Crippen molar-refractivity contribution in [3.8, 4) is 0 Å². The fraction of sp³-hybridized carbons (Fsp3) is 0.647. The Hall–Kier alpha value is -1.42. The van der Waals surface area contributed by atoms with E-state index in [9.17, 15) is 4.79 Å². The molecule has 0 spiro atoms. The summed E-state index contributed by atoms with van der Waals surface area (Å²) in [6.07, 6.45) is 8.91. The van der Waals surface area contributed by atoms with Gasteiger partial charge in [-0.3, -0.25) is 9.78 Å². The molecule has 4 heteroatoms. The Morgan fingerprint density at radius 3 is 2.62 bits per heavy atom. The molecule has 0 aromatic carbocycles. The van der Waals surface area contributed by atoms with Crippen molar-refractivity contribution < 1.29 is 9.69 Å². The van der Waals surface area contributed by atoms with Crippen molar-refractivity contribution in [3.05, 3.63) is 30.1 Å². The van der Waals surface area contributed by atoms with Gasteiger partial charge in [0.1, 0.15) is 0 Å². The third kappa shape index (κ3) is 3.43. The van der Waals surface area contributed by atoms with Crippen LogP contribution in [0.15, 0.2) is 24.5 Å². The molecule has 1 aromatic rings. The zero-order valence-corrected chi connectivity index (χ0v) is 12.9. The Balaban J connectivity index is 1.54. The number of amides is 1. The number of aromatic nitrogens is 1. The summed E-state index contributed by atoms with van der Waals surface area (Å²) in [4.78, 5) is 20.1. The lowest BCUT2D eigenvalue weighted by Crippen LogP contribution is -3.18. The van der Waals surface area contributed by atoms with E-state index in [1.54, 1.807) is 17.3 Å². The van der Waals surface area contributed by atoms with Crippen LogP contribution in [0.25, 0.3) is 0 Å². The second-order valence-electron chi connectivity index (χ2n) is 6.66. The molecule has 1 saturated heterocycles. The summed E-state index contributed by atoms with van der Waals surface area (Å²) in [6.45, 7) is 6.37. The minimum absolute atomic E-state index is 0.161. The Labute approximate surface area is 127 Å². The third-order valence-corrected chi connectivity index (χ3v) is 5.13. The number of hydrogen-bond donors (Lipinski definition) is 1. The molecule has 1 aliphatic heterocycles. The molecule has 4 nitrogen and oxygen atoms in total. The van der Waals surface area contributed by atoms with Crippen molar-refractivity contribution in [2.24, 2.45) is 5.92 Å². The molecule has 2 fully saturated rings. The van der Waals surface area contributed by atoms with Crippen LogP contribution < -0.4 is 4.90 Å². The van der Waals surface area contributed by atoms with Gasteiger partial charge in [0.25, 0.3) is 5.91 Å². The fourth-order valence-electron chi connectivity index (χ4n) is 3.89. The summed E-state index contributed by atoms with van der Waals surface area (Å²) in [5, 5.41) is 0. The predicted molar refractivity (Wildman–Crippen MR) is 82.3 cm³/mol. The van der Waals surface area contributed by atoms with E-state index < -0.39 is 0 Å². The molecule has 1 aliphatic carbocycles. The van der Waals surface area contributed by atoms with E-state index in [0.717, 1.165) is 43.7 Å². The Morgan fingerprint density at radius 1 is 1.24 bits per heavy atom. The fourth-order valence-corrected chi connectivity index (χ4v) is 3.89. The average molecular weight is 288 g/mol. The van der Waals surface area contributed by atoms with Gasteiger partial charge in [-0.25, -0.2) is 0 Å². The number of pyridine rings is 1. The number of carbonyl (C=O) groups excluding carboxylic acids is 1. The van der Waals surface area contributed by atoms with Crippen LogP contribution in [0.2, 0.25) is 0 Å². The summed E-state index contributed by atoms with van der Waals surface area (Å²) >= 11 is 0. The number of carbonyl (C=O) groups is 1. The van der Waals surface area contributed by atoms with Gasteiger partial charge in [-0.15, -0.1) is 0 Å². The normalized spacial score (nSPS) is 27.6. The van der Waals surface area contributed by atoms with E-state index in [1.807, 2.05) is 17.0 Å². The van der Waals surface area contributed by atoms with Gasteiger partial charge < -0.3 is 9.80 Å². The molecule has 0 bridgehead atoms. The second kappa shape index (κ2) is 6.56. The van der Waals surface area contributed by atoms with Gasteiger partial charge in [0.15, 0.2) is 0 Å². The van der Waals surface area contributed by atoms with Crippen molar-refractivity contribution >= 4 is 5.91 Å². The van der Waals surface area contributed by atoms with Crippen LogP contribution in [0.3, 0.4) is 0 Å². The van der Waals surface area contributed by atoms with Crippen molar-refractivity contribution in [1.29, 1.82) is 0 Å². The molecule has 21 heavy (non-hydrogen) atoms. The molecule has 2 heterocycles. The molecule has 0 unspecified atom stereocenters. The topological polar surface area (TPSA) is 37.6 Å². The zero-order valence-electron chi connectivity index (χ0n) is 12.9. The monoisotopic (exact) mass is 288 g/mol. The highest BCUT2D eigenvalue weighted by Crippen LogP contribution is 2.22. The number of piperazine rings is 1. The van der Waals surface area contributed by atoms with Crippen molar-refractivity contribution in [1.82, 2.24) is 9.88 Å². The van der Waals surface area contributed by atoms with Gasteiger partial charge in [0, 0.05) is 24.4 Å². The first-order chi connectivity index (χ1) is 10.2. The predicted octanol–water partition coefficient (Wildman–Crippen LogP) is 1.00. The SMILES string of the molecule is C[C@H]1CCC[C@@H]([NH+]2CCN(C(=O)c3ccncc3)CC2)C1. The van der Waals surface area contributed by atoms with Crippen LogP contribution in [0, 0.1) is 5.92 Å². The maximum atomic E-state index is 12.4. The quantitative estimate of drug-likeness (QED) is 0.881. The average Bonchev–Trinajstić information content (AvgIpc) is 2.55. The first kappa shape index (κ1) is 14.5. The van der Waals surface area contributed by atoms with E-state index in [-0.39, 0.29) is 5.91 Å². The molecular formula is C17H26N3O+. The Bertz CT molecular complexity index is 468. The summed E-state index contributed by atoms with van der Waals surface area (Å²) in [5.74, 6) is 1.04. The first-order valence-corrected chi connectivity index (χ1v) is 8.28. The molecule has 2 atom stereocenters. The molecule has 1 amide bonds. The molecule has 1 N–H and O–H groups in total. The van der Waals surface area contributed by atoms with Crippen LogP contribution >= 0.6 is 0 Å². The summed E-state index contributed by atoms with van der Waals surface area (Å²) in [7, 11) is 0. The van der Waals surface area contributed by atoms with E-state index in [0.29, 0.717) is 0 Å². The summed E-state index contributed by atoms with van der Waals surface area (Å²) in [5.41, 5.74) is 0.764. The van der Waals surface area contributed by atoms with Gasteiger partial charge in [0.05, 0.1) is 32.2 Å². The summed E-state index contributed by atoms with van der Waals surface area (Å²) in [6, 6.07) is 4.45. The van der Waals surface area contributed by atoms with Crippen LogP contribution in [0.5, 0.6) is 0 Å². The van der Waals surface area contributed by atoms with E-state index in [4.69, 9.17) is 0 Å². The number of nitrogens with zero attached hydrogens (tertiary/aromatic N) is 2. The van der Waals surface area contributed by atoms with Gasteiger partial charge >= 0.3 is 0 Å². The lowest BCUT2D eigenvalue weighted by atomic mass is 9.86. The number of hydrogen-bond acceptors (Lipinski definition) is 2. The third-order valence-electron chi connectivity index (χ3n) is 5.13. The van der Waals surface area contributed by atoms with Crippen molar-refractivity contribution in [3.63, 3.8) is 0 Å². The van der Waals surface area contributed by atoms with Crippen LogP contribution in [0.4, 0.5) is 0 Å². The summed E-state index contributed by atoms with van der Waals surface area (Å²) < 4.78 is 0. The van der Waals surface area contributed by atoms with Crippen LogP contribution in [0.1, 0.15) is 43.0 Å². The number of nitrogens with one attached hydrogen (secondary N) is 1. The van der Waals surface area contributed by atoms with Crippen LogP contribution in [-0.2, 0) is 0 Å². The van der Waals surface area contributed by atoms with Gasteiger partial charge in [-0.05, 0) is 30.9 Å². The molecular weight excluding hydrogens is 262 g/mol. The highest BCUT2D eigenvalue weighted by Gasteiger charge is 2.32. The standard InChI is InChI=1S/C17H25N3O/c1-14-3-2-4-16(13-14)19-9-11-20(12-10-19)17(21)15-5-7-18-8-6-15/h5-8,14,16H,2-4,9-13H2,1H3/p+1/t14-,16+/m0/s1. The molecule has 114 valence electrons. The first-order valence-electron chi connectivity index (χ1n) is 8.28. The molecule has 1 saturated carbocycles. The number of rotatable bonds is 2. The van der Waals surface area contributed by atoms with E-state index in [2.05, 4.69) is 11.9 Å². The lowest BCUT2D eigenvalue weighted by Gasteiger charge is -2.39. The number of quaternary nitrogens is 1. The Morgan fingerprint density at radius 2 is 1.95 bits per heavy atom. The minimum atomic E-state index is 0.161. The molecule has 3 rings (SSSR count). The molecule has 1 aromatic heterocycles. The second-order valence-corrected chi connectivity index (χ2v) is 6.66.